The van der Waals surface area contributed by atoms with Gasteiger partial charge in [-0.25, -0.2) is 4.79 Å². The molecule has 0 radical (unpaired) electrons. The van der Waals surface area contributed by atoms with Crippen LogP contribution >= 0.6 is 23.2 Å². The molecule has 0 amide bonds. The third kappa shape index (κ3) is 4.20. The number of hydrogen-bond acceptors (Lipinski definition) is 6. The number of benzene rings is 2. The molecule has 0 unspecified atom stereocenters. The van der Waals surface area contributed by atoms with Gasteiger partial charge in [0.15, 0.2) is 18.1 Å². The van der Waals surface area contributed by atoms with Gasteiger partial charge in [-0.3, -0.25) is 4.79 Å². The van der Waals surface area contributed by atoms with Gasteiger partial charge in [0.1, 0.15) is 5.56 Å². The molecule has 0 bridgehead atoms. The molecule has 0 N–H and O–H groups in total. The van der Waals surface area contributed by atoms with Crippen LogP contribution in [-0.2, 0) is 4.74 Å². The van der Waals surface area contributed by atoms with Crippen molar-refractivity contribution in [2.45, 2.75) is 0 Å². The average molecular weight is 399 g/mol. The Morgan fingerprint density at radius 3 is 2.12 bits per heavy atom. The Bertz CT molecular complexity index is 835. The summed E-state index contributed by atoms with van der Waals surface area (Å²) in [6.07, 6.45) is 0. The Balaban J connectivity index is 2.18. The van der Waals surface area contributed by atoms with E-state index in [1.807, 2.05) is 0 Å². The minimum absolute atomic E-state index is 0.0974. The second-order valence-corrected chi connectivity index (χ2v) is 5.85. The lowest BCUT2D eigenvalue weighted by Crippen LogP contribution is -2.15. The van der Waals surface area contributed by atoms with Gasteiger partial charge in [-0.2, -0.15) is 0 Å². The van der Waals surface area contributed by atoms with E-state index >= 15 is 0 Å². The highest BCUT2D eigenvalue weighted by atomic mass is 35.5. The molecule has 0 heterocycles. The number of ketones is 1. The third-order valence-corrected chi connectivity index (χ3v) is 4.04. The van der Waals surface area contributed by atoms with Crippen molar-refractivity contribution in [1.29, 1.82) is 0 Å². The first-order valence-electron chi connectivity index (χ1n) is 7.37. The zero-order valence-electron chi connectivity index (χ0n) is 14.3. The van der Waals surface area contributed by atoms with Crippen molar-refractivity contribution >= 4 is 35.0 Å². The van der Waals surface area contributed by atoms with Crippen LogP contribution in [0.4, 0.5) is 0 Å². The number of rotatable bonds is 7. The van der Waals surface area contributed by atoms with Gasteiger partial charge in [0.25, 0.3) is 0 Å². The van der Waals surface area contributed by atoms with E-state index in [1.165, 1.54) is 51.7 Å². The minimum atomic E-state index is -0.749. The average Bonchev–Trinajstić information content (AvgIpc) is 2.64. The molecule has 0 aliphatic rings. The Labute approximate surface area is 160 Å². The third-order valence-electron chi connectivity index (χ3n) is 3.49. The normalized spacial score (nSPS) is 10.2. The fraction of sp³-hybridized carbons (Fsp3) is 0.222. The molecule has 0 aliphatic heterocycles. The lowest BCUT2D eigenvalue weighted by Gasteiger charge is -2.15. The van der Waals surface area contributed by atoms with Crippen LogP contribution in [0.1, 0.15) is 20.7 Å². The molecule has 2 rings (SSSR count). The van der Waals surface area contributed by atoms with E-state index in [4.69, 9.17) is 42.1 Å². The van der Waals surface area contributed by atoms with Crippen molar-refractivity contribution in [1.82, 2.24) is 0 Å². The van der Waals surface area contributed by atoms with Crippen LogP contribution < -0.4 is 14.2 Å². The van der Waals surface area contributed by atoms with Crippen molar-refractivity contribution in [2.24, 2.45) is 0 Å². The van der Waals surface area contributed by atoms with Gasteiger partial charge >= 0.3 is 5.97 Å². The second kappa shape index (κ2) is 8.78. The smallest absolute Gasteiger partial charge is 0.342 e. The van der Waals surface area contributed by atoms with Crippen molar-refractivity contribution in [3.63, 3.8) is 0 Å². The monoisotopic (exact) mass is 398 g/mol. The molecule has 0 atom stereocenters. The largest absolute Gasteiger partial charge is 0.493 e. The van der Waals surface area contributed by atoms with Crippen LogP contribution in [0.3, 0.4) is 0 Å². The van der Waals surface area contributed by atoms with E-state index in [0.29, 0.717) is 10.8 Å². The quantitative estimate of drug-likeness (QED) is 0.517. The van der Waals surface area contributed by atoms with Crippen LogP contribution in [0.15, 0.2) is 30.3 Å². The summed E-state index contributed by atoms with van der Waals surface area (Å²) in [7, 11) is 4.26. The highest BCUT2D eigenvalue weighted by Crippen LogP contribution is 2.40. The summed E-state index contributed by atoms with van der Waals surface area (Å²) in [6.45, 7) is -0.488. The lowest BCUT2D eigenvalue weighted by molar-refractivity contribution is 0.0471. The molecule has 8 heteroatoms. The van der Waals surface area contributed by atoms with Crippen LogP contribution in [0.2, 0.25) is 10.0 Å². The molecule has 0 fully saturated rings. The Morgan fingerprint density at radius 1 is 0.885 bits per heavy atom. The molecule has 0 spiro atoms. The maximum Gasteiger partial charge on any atom is 0.342 e. The van der Waals surface area contributed by atoms with Crippen molar-refractivity contribution < 1.29 is 28.5 Å². The summed E-state index contributed by atoms with van der Waals surface area (Å²) in [5.74, 6) is -0.420. The van der Waals surface area contributed by atoms with Crippen LogP contribution in [0, 0.1) is 0 Å². The standard InChI is InChI=1S/C18H16Cl2O6/c1-23-15-7-6-12(16(24-2)17(15)25-3)18(22)26-9-14(21)11-5-4-10(19)8-13(11)20/h4-8H,9H2,1-3H3. The summed E-state index contributed by atoms with van der Waals surface area (Å²) >= 11 is 11.8. The van der Waals surface area contributed by atoms with E-state index in [9.17, 15) is 9.59 Å². The Kier molecular flexibility index (Phi) is 6.71. The topological polar surface area (TPSA) is 71.1 Å². The van der Waals surface area contributed by atoms with E-state index < -0.39 is 18.4 Å². The first-order valence-corrected chi connectivity index (χ1v) is 8.12. The number of carbonyl (C=O) groups excluding carboxylic acids is 2. The zero-order valence-corrected chi connectivity index (χ0v) is 15.8. The number of methoxy groups -OCH3 is 3. The fourth-order valence-corrected chi connectivity index (χ4v) is 2.78. The molecule has 0 aromatic heterocycles. The summed E-state index contributed by atoms with van der Waals surface area (Å²) in [6, 6.07) is 7.44. The van der Waals surface area contributed by atoms with Crippen LogP contribution in [0.5, 0.6) is 17.2 Å². The number of hydrogen-bond donors (Lipinski definition) is 0. The molecular weight excluding hydrogens is 383 g/mol. The second-order valence-electron chi connectivity index (χ2n) is 5.01. The Hall–Kier alpha value is -2.44. The minimum Gasteiger partial charge on any atom is -0.493 e. The summed E-state index contributed by atoms with van der Waals surface area (Å²) in [5.41, 5.74) is 0.309. The molecule has 2 aromatic carbocycles. The molecule has 26 heavy (non-hydrogen) atoms. The van der Waals surface area contributed by atoms with Crippen LogP contribution in [-0.4, -0.2) is 39.7 Å². The van der Waals surface area contributed by atoms with Gasteiger partial charge in [0, 0.05) is 10.6 Å². The fourth-order valence-electron chi connectivity index (χ4n) is 2.26. The maximum atomic E-state index is 12.4. The van der Waals surface area contributed by atoms with Gasteiger partial charge in [0.05, 0.1) is 26.4 Å². The molecule has 0 saturated carbocycles. The molecule has 2 aromatic rings. The lowest BCUT2D eigenvalue weighted by atomic mass is 10.1. The van der Waals surface area contributed by atoms with E-state index in [-0.39, 0.29) is 27.6 Å². The maximum absolute atomic E-state index is 12.4. The van der Waals surface area contributed by atoms with Crippen molar-refractivity contribution in [3.8, 4) is 17.2 Å². The first kappa shape index (κ1) is 19.9. The molecule has 0 saturated heterocycles. The number of halogens is 2. The summed E-state index contributed by atoms with van der Waals surface area (Å²) in [4.78, 5) is 24.6. The molecule has 0 aliphatic carbocycles. The zero-order chi connectivity index (χ0) is 19.3. The summed E-state index contributed by atoms with van der Waals surface area (Å²) < 4.78 is 20.7. The Morgan fingerprint density at radius 2 is 1.54 bits per heavy atom. The van der Waals surface area contributed by atoms with E-state index in [0.717, 1.165) is 0 Å². The van der Waals surface area contributed by atoms with Crippen molar-refractivity contribution in [2.75, 3.05) is 27.9 Å². The summed E-state index contributed by atoms with van der Waals surface area (Å²) in [5, 5.41) is 0.584. The van der Waals surface area contributed by atoms with Crippen molar-refractivity contribution in [3.05, 3.63) is 51.5 Å². The van der Waals surface area contributed by atoms with Gasteiger partial charge in [-0.15, -0.1) is 0 Å². The number of ether oxygens (including phenoxy) is 4. The van der Waals surface area contributed by atoms with Gasteiger partial charge < -0.3 is 18.9 Å². The first-order chi connectivity index (χ1) is 12.4. The molecular formula is C18H16Cl2O6. The predicted octanol–water partition coefficient (Wildman–Crippen LogP) is 4.06. The SMILES string of the molecule is COc1ccc(C(=O)OCC(=O)c2ccc(Cl)cc2Cl)c(OC)c1OC. The number of Topliss-reactive ketones (excluding diaryl/α,β-unsaturated/α-hetero) is 1. The van der Waals surface area contributed by atoms with E-state index in [2.05, 4.69) is 0 Å². The van der Waals surface area contributed by atoms with E-state index in [1.54, 1.807) is 0 Å². The predicted molar refractivity (Wildman–Crippen MR) is 97.2 cm³/mol. The van der Waals surface area contributed by atoms with Gasteiger partial charge in [-0.05, 0) is 30.3 Å². The number of esters is 1. The van der Waals surface area contributed by atoms with Gasteiger partial charge in [0.2, 0.25) is 11.5 Å². The highest BCUT2D eigenvalue weighted by molar-refractivity contribution is 6.36. The van der Waals surface area contributed by atoms with Gasteiger partial charge in [-0.1, -0.05) is 23.2 Å². The van der Waals surface area contributed by atoms with Crippen LogP contribution in [0.25, 0.3) is 0 Å². The molecule has 6 nitrogen and oxygen atoms in total. The molecule has 138 valence electrons. The highest BCUT2D eigenvalue weighted by Gasteiger charge is 2.23. The number of carbonyl (C=O) groups is 2.